The number of benzene rings is 2. The number of carbonyl (C=O) groups is 2. The summed E-state index contributed by atoms with van der Waals surface area (Å²) in [5.74, 6) is -0.637. The molecule has 2 heterocycles. The van der Waals surface area contributed by atoms with E-state index in [2.05, 4.69) is 5.32 Å². The Balaban J connectivity index is 1.56. The number of fused-ring (bicyclic) bond motifs is 1. The molecule has 0 unspecified atom stereocenters. The van der Waals surface area contributed by atoms with Crippen molar-refractivity contribution < 1.29 is 24.0 Å². The van der Waals surface area contributed by atoms with Gasteiger partial charge in [-0.1, -0.05) is 17.7 Å². The monoisotopic (exact) mass is 446 g/mol. The van der Waals surface area contributed by atoms with Crippen LogP contribution in [0.1, 0.15) is 0 Å². The molecule has 2 aliphatic heterocycles. The van der Waals surface area contributed by atoms with Crippen LogP contribution in [0.15, 0.2) is 36.4 Å². The third-order valence-corrected chi connectivity index (χ3v) is 5.29. The molecule has 1 saturated heterocycles. The number of anilines is 3. The maximum atomic E-state index is 12.8. The summed E-state index contributed by atoms with van der Waals surface area (Å²) in [4.78, 5) is 39.0. The quantitative estimate of drug-likeness (QED) is 0.554. The Bertz CT molecular complexity index is 1040. The minimum absolute atomic E-state index is 0.181. The first-order valence-corrected chi connectivity index (χ1v) is 9.94. The first kappa shape index (κ1) is 20.9. The topological polar surface area (TPSA) is 114 Å². The number of amides is 2. The summed E-state index contributed by atoms with van der Waals surface area (Å²) >= 11 is 6.40. The molecule has 1 fully saturated rings. The molecule has 0 aromatic heterocycles. The van der Waals surface area contributed by atoms with Gasteiger partial charge in [-0.2, -0.15) is 0 Å². The number of rotatable bonds is 5. The van der Waals surface area contributed by atoms with Gasteiger partial charge in [-0.3, -0.25) is 24.6 Å². The minimum atomic E-state index is -0.571. The number of nitrogens with one attached hydrogen (secondary N) is 1. The van der Waals surface area contributed by atoms with Crippen LogP contribution in [0.3, 0.4) is 0 Å². The zero-order chi connectivity index (χ0) is 22.0. The van der Waals surface area contributed by atoms with Crippen LogP contribution < -0.4 is 19.9 Å². The molecular formula is C20H19ClN4O6. The second-order valence-corrected chi connectivity index (χ2v) is 7.37. The van der Waals surface area contributed by atoms with E-state index >= 15 is 0 Å². The van der Waals surface area contributed by atoms with Crippen LogP contribution in [-0.4, -0.2) is 56.2 Å². The third-order valence-electron chi connectivity index (χ3n) is 4.99. The standard InChI is InChI=1S/C20H19ClN4O6/c21-14-2-1-3-15(20(14)23-6-8-30-9-7-23)22-18(26)11-24-16-10-13(25(28)29)4-5-17(16)31-12-19(24)27/h1-5,10H,6-9,11-12H2,(H,22,26). The predicted octanol–water partition coefficient (Wildman–Crippen LogP) is 2.45. The highest BCUT2D eigenvalue weighted by Crippen LogP contribution is 2.36. The molecule has 1 N–H and O–H groups in total. The lowest BCUT2D eigenvalue weighted by atomic mass is 10.2. The number of hydrogen-bond acceptors (Lipinski definition) is 7. The number of nitrogens with zero attached hydrogens (tertiary/aromatic N) is 3. The normalized spacial score (nSPS) is 15.8. The van der Waals surface area contributed by atoms with E-state index in [0.29, 0.717) is 48.5 Å². The van der Waals surface area contributed by atoms with Gasteiger partial charge in [0, 0.05) is 25.2 Å². The van der Waals surface area contributed by atoms with Crippen molar-refractivity contribution in [1.29, 1.82) is 0 Å². The van der Waals surface area contributed by atoms with Gasteiger partial charge in [0.2, 0.25) is 5.91 Å². The number of para-hydroxylation sites is 1. The van der Waals surface area contributed by atoms with Crippen LogP contribution in [0.5, 0.6) is 5.75 Å². The summed E-state index contributed by atoms with van der Waals surface area (Å²) in [7, 11) is 0. The van der Waals surface area contributed by atoms with Gasteiger partial charge in [0.05, 0.1) is 40.2 Å². The molecule has 2 aromatic carbocycles. The van der Waals surface area contributed by atoms with Crippen molar-refractivity contribution in [3.63, 3.8) is 0 Å². The number of nitro benzene ring substituents is 1. The highest BCUT2D eigenvalue weighted by atomic mass is 35.5. The lowest BCUT2D eigenvalue weighted by Crippen LogP contribution is -2.43. The van der Waals surface area contributed by atoms with E-state index in [4.69, 9.17) is 21.1 Å². The Morgan fingerprint density at radius 1 is 1.23 bits per heavy atom. The molecule has 11 heteroatoms. The van der Waals surface area contributed by atoms with Gasteiger partial charge in [-0.05, 0) is 18.2 Å². The average molecular weight is 447 g/mol. The second-order valence-electron chi connectivity index (χ2n) is 6.96. The molecular weight excluding hydrogens is 428 g/mol. The van der Waals surface area contributed by atoms with Gasteiger partial charge in [-0.15, -0.1) is 0 Å². The summed E-state index contributed by atoms with van der Waals surface area (Å²) in [6.45, 7) is 1.78. The Morgan fingerprint density at radius 2 is 2.00 bits per heavy atom. The van der Waals surface area contributed by atoms with Crippen LogP contribution in [0.25, 0.3) is 0 Å². The van der Waals surface area contributed by atoms with E-state index in [0.717, 1.165) is 0 Å². The summed E-state index contributed by atoms with van der Waals surface area (Å²) < 4.78 is 10.7. The van der Waals surface area contributed by atoms with Gasteiger partial charge in [0.15, 0.2) is 6.61 Å². The van der Waals surface area contributed by atoms with Crippen molar-refractivity contribution in [2.24, 2.45) is 0 Å². The van der Waals surface area contributed by atoms with Crippen LogP contribution in [0.2, 0.25) is 5.02 Å². The SMILES string of the molecule is O=C(CN1C(=O)COc2ccc([N+](=O)[O-])cc21)Nc1cccc(Cl)c1N1CCOCC1. The van der Waals surface area contributed by atoms with E-state index in [1.807, 2.05) is 4.90 Å². The number of nitro groups is 1. The van der Waals surface area contributed by atoms with Gasteiger partial charge < -0.3 is 19.7 Å². The van der Waals surface area contributed by atoms with Gasteiger partial charge >= 0.3 is 0 Å². The maximum Gasteiger partial charge on any atom is 0.271 e. The molecule has 0 radical (unpaired) electrons. The van der Waals surface area contributed by atoms with Crippen molar-refractivity contribution in [2.75, 3.05) is 54.6 Å². The summed E-state index contributed by atoms with van der Waals surface area (Å²) in [5, 5.41) is 14.4. The Hall–Kier alpha value is -3.37. The molecule has 2 aromatic rings. The molecule has 0 bridgehead atoms. The van der Waals surface area contributed by atoms with E-state index in [1.165, 1.54) is 23.1 Å². The number of halogens is 1. The van der Waals surface area contributed by atoms with Gasteiger partial charge in [-0.25, -0.2) is 0 Å². The van der Waals surface area contributed by atoms with Crippen molar-refractivity contribution in [1.82, 2.24) is 0 Å². The number of ether oxygens (including phenoxy) is 2. The van der Waals surface area contributed by atoms with E-state index in [9.17, 15) is 19.7 Å². The zero-order valence-corrected chi connectivity index (χ0v) is 17.1. The number of non-ortho nitro benzene ring substituents is 1. The highest BCUT2D eigenvalue weighted by molar-refractivity contribution is 6.34. The summed E-state index contributed by atoms with van der Waals surface area (Å²) in [5.41, 5.74) is 1.18. The molecule has 31 heavy (non-hydrogen) atoms. The smallest absolute Gasteiger partial charge is 0.271 e. The number of carbonyl (C=O) groups excluding carboxylic acids is 2. The second kappa shape index (κ2) is 8.78. The zero-order valence-electron chi connectivity index (χ0n) is 16.4. The van der Waals surface area contributed by atoms with Crippen molar-refractivity contribution >= 4 is 46.2 Å². The van der Waals surface area contributed by atoms with Crippen LogP contribution in [0.4, 0.5) is 22.7 Å². The van der Waals surface area contributed by atoms with Crippen molar-refractivity contribution in [3.8, 4) is 5.75 Å². The van der Waals surface area contributed by atoms with Crippen LogP contribution in [-0.2, 0) is 14.3 Å². The molecule has 10 nitrogen and oxygen atoms in total. The highest BCUT2D eigenvalue weighted by Gasteiger charge is 2.29. The molecule has 0 spiro atoms. The minimum Gasteiger partial charge on any atom is -0.482 e. The Kier molecular flexibility index (Phi) is 5.92. The molecule has 162 valence electrons. The third kappa shape index (κ3) is 4.39. The number of hydrogen-bond donors (Lipinski definition) is 1. The molecule has 2 aliphatic rings. The van der Waals surface area contributed by atoms with Crippen molar-refractivity contribution in [2.45, 2.75) is 0 Å². The van der Waals surface area contributed by atoms with E-state index < -0.39 is 16.7 Å². The molecule has 0 saturated carbocycles. The molecule has 0 aliphatic carbocycles. The molecule has 2 amide bonds. The Labute approximate surface area is 182 Å². The summed E-state index contributed by atoms with van der Waals surface area (Å²) in [6.07, 6.45) is 0. The fourth-order valence-corrected chi connectivity index (χ4v) is 3.83. The van der Waals surface area contributed by atoms with Crippen LogP contribution >= 0.6 is 11.6 Å². The predicted molar refractivity (Wildman–Crippen MR) is 114 cm³/mol. The lowest BCUT2D eigenvalue weighted by molar-refractivity contribution is -0.384. The number of morpholine rings is 1. The maximum absolute atomic E-state index is 12.8. The van der Waals surface area contributed by atoms with Gasteiger partial charge in [0.1, 0.15) is 12.3 Å². The van der Waals surface area contributed by atoms with Crippen molar-refractivity contribution in [3.05, 3.63) is 51.5 Å². The lowest BCUT2D eigenvalue weighted by Gasteiger charge is -2.32. The first-order chi connectivity index (χ1) is 14.9. The molecule has 4 rings (SSSR count). The fraction of sp³-hybridized carbons (Fsp3) is 0.300. The largest absolute Gasteiger partial charge is 0.482 e. The van der Waals surface area contributed by atoms with E-state index in [1.54, 1.807) is 18.2 Å². The Morgan fingerprint density at radius 3 is 2.74 bits per heavy atom. The first-order valence-electron chi connectivity index (χ1n) is 9.56. The molecule has 0 atom stereocenters. The van der Waals surface area contributed by atoms with Crippen LogP contribution in [0, 0.1) is 10.1 Å². The average Bonchev–Trinajstić information content (AvgIpc) is 2.76. The summed E-state index contributed by atoms with van der Waals surface area (Å²) in [6, 6.07) is 9.11. The fourth-order valence-electron chi connectivity index (χ4n) is 3.54. The van der Waals surface area contributed by atoms with Gasteiger partial charge in [0.25, 0.3) is 11.6 Å². The van der Waals surface area contributed by atoms with E-state index in [-0.39, 0.29) is 24.5 Å².